The van der Waals surface area contributed by atoms with Crippen LogP contribution < -0.4 is 10.9 Å². The molecule has 1 heterocycles. The number of para-hydroxylation sites is 2. The Morgan fingerprint density at radius 3 is 2.59 bits per heavy atom. The van der Waals surface area contributed by atoms with E-state index in [0.717, 1.165) is 18.5 Å². The molecule has 3 rings (SSSR count). The van der Waals surface area contributed by atoms with Gasteiger partial charge in [-0.2, -0.15) is 0 Å². The SMILES string of the molecule is CCC[C@@H](C)NC(=O)CSc1nc2ccccc2c(=O)n1-c1ccccc1. The van der Waals surface area contributed by atoms with Crippen molar-refractivity contribution in [1.29, 1.82) is 0 Å². The quantitative estimate of drug-likeness (QED) is 0.500. The zero-order valence-corrected chi connectivity index (χ0v) is 16.3. The maximum absolute atomic E-state index is 13.1. The fourth-order valence-corrected chi connectivity index (χ4v) is 3.79. The molecule has 0 spiro atoms. The van der Waals surface area contributed by atoms with Gasteiger partial charge in [0.25, 0.3) is 5.56 Å². The van der Waals surface area contributed by atoms with Gasteiger partial charge >= 0.3 is 0 Å². The number of hydrogen-bond acceptors (Lipinski definition) is 4. The molecule has 0 aliphatic heterocycles. The smallest absolute Gasteiger partial charge is 0.266 e. The molecular weight excluding hydrogens is 358 g/mol. The molecule has 1 N–H and O–H groups in total. The Kier molecular flexibility index (Phi) is 6.29. The van der Waals surface area contributed by atoms with Crippen LogP contribution in [0.5, 0.6) is 0 Å². The van der Waals surface area contributed by atoms with E-state index in [2.05, 4.69) is 17.2 Å². The van der Waals surface area contributed by atoms with Crippen LogP contribution in [-0.4, -0.2) is 27.3 Å². The van der Waals surface area contributed by atoms with Crippen molar-refractivity contribution in [3.63, 3.8) is 0 Å². The standard InChI is InChI=1S/C21H23N3O2S/c1-3-9-15(2)22-19(25)14-27-21-23-18-13-8-7-12-17(18)20(26)24(21)16-10-5-4-6-11-16/h4-8,10-13,15H,3,9,14H2,1-2H3,(H,22,25)/t15-/m1/s1. The third kappa shape index (κ3) is 4.57. The minimum Gasteiger partial charge on any atom is -0.353 e. The molecule has 0 aliphatic rings. The molecule has 0 aliphatic carbocycles. The Morgan fingerprint density at radius 1 is 1.15 bits per heavy atom. The zero-order chi connectivity index (χ0) is 19.2. The predicted octanol–water partition coefficient (Wildman–Crippen LogP) is 3.78. The summed E-state index contributed by atoms with van der Waals surface area (Å²) in [6.45, 7) is 4.09. The lowest BCUT2D eigenvalue weighted by Gasteiger charge is -2.15. The lowest BCUT2D eigenvalue weighted by Crippen LogP contribution is -2.34. The molecule has 0 unspecified atom stereocenters. The zero-order valence-electron chi connectivity index (χ0n) is 15.5. The molecule has 5 nitrogen and oxygen atoms in total. The molecular formula is C21H23N3O2S. The van der Waals surface area contributed by atoms with E-state index in [9.17, 15) is 9.59 Å². The highest BCUT2D eigenvalue weighted by Gasteiger charge is 2.15. The molecule has 27 heavy (non-hydrogen) atoms. The van der Waals surface area contributed by atoms with Gasteiger partial charge in [-0.3, -0.25) is 14.2 Å². The second-order valence-corrected chi connectivity index (χ2v) is 7.38. The van der Waals surface area contributed by atoms with Crippen molar-refractivity contribution in [3.8, 4) is 5.69 Å². The number of fused-ring (bicyclic) bond motifs is 1. The number of aromatic nitrogens is 2. The first-order chi connectivity index (χ1) is 13.1. The van der Waals surface area contributed by atoms with E-state index in [0.29, 0.717) is 16.1 Å². The number of benzene rings is 2. The first kappa shape index (κ1) is 19.2. The van der Waals surface area contributed by atoms with Crippen LogP contribution in [0.15, 0.2) is 64.5 Å². The van der Waals surface area contributed by atoms with Gasteiger partial charge in [-0.1, -0.05) is 55.4 Å². The Hall–Kier alpha value is -2.60. The van der Waals surface area contributed by atoms with Gasteiger partial charge < -0.3 is 5.32 Å². The second-order valence-electron chi connectivity index (χ2n) is 6.43. The molecule has 2 aromatic carbocycles. The number of carbonyl (C=O) groups excluding carboxylic acids is 1. The fraction of sp³-hybridized carbons (Fsp3) is 0.286. The highest BCUT2D eigenvalue weighted by atomic mass is 32.2. The summed E-state index contributed by atoms with van der Waals surface area (Å²) < 4.78 is 1.58. The van der Waals surface area contributed by atoms with Crippen LogP contribution in [0.4, 0.5) is 0 Å². The largest absolute Gasteiger partial charge is 0.353 e. The second kappa shape index (κ2) is 8.86. The Balaban J connectivity index is 1.94. The molecule has 1 amide bonds. The highest BCUT2D eigenvalue weighted by Crippen LogP contribution is 2.21. The van der Waals surface area contributed by atoms with Crippen LogP contribution in [0.3, 0.4) is 0 Å². The molecule has 0 saturated heterocycles. The monoisotopic (exact) mass is 381 g/mol. The molecule has 0 radical (unpaired) electrons. The van der Waals surface area contributed by atoms with Crippen molar-refractivity contribution in [3.05, 3.63) is 65.0 Å². The molecule has 0 fully saturated rings. The van der Waals surface area contributed by atoms with Crippen LogP contribution in [-0.2, 0) is 4.79 Å². The summed E-state index contributed by atoms with van der Waals surface area (Å²) >= 11 is 1.28. The number of nitrogens with one attached hydrogen (secondary N) is 1. The molecule has 0 saturated carbocycles. The molecule has 6 heteroatoms. The number of rotatable bonds is 7. The lowest BCUT2D eigenvalue weighted by atomic mass is 10.2. The minimum atomic E-state index is -0.131. The van der Waals surface area contributed by atoms with Crippen LogP contribution in [0.2, 0.25) is 0 Å². The van der Waals surface area contributed by atoms with Crippen molar-refractivity contribution in [1.82, 2.24) is 14.9 Å². The third-order valence-electron chi connectivity index (χ3n) is 4.22. The number of thioether (sulfide) groups is 1. The van der Waals surface area contributed by atoms with Gasteiger partial charge in [-0.05, 0) is 37.6 Å². The third-order valence-corrected chi connectivity index (χ3v) is 5.16. The number of carbonyl (C=O) groups is 1. The van der Waals surface area contributed by atoms with Crippen molar-refractivity contribution in [2.24, 2.45) is 0 Å². The van der Waals surface area contributed by atoms with Crippen LogP contribution >= 0.6 is 11.8 Å². The normalized spacial score (nSPS) is 12.1. The molecule has 3 aromatic rings. The van der Waals surface area contributed by atoms with Gasteiger partial charge in [-0.15, -0.1) is 0 Å². The molecule has 1 aromatic heterocycles. The number of hydrogen-bond donors (Lipinski definition) is 1. The van der Waals surface area contributed by atoms with Gasteiger partial charge in [0.05, 0.1) is 22.3 Å². The topological polar surface area (TPSA) is 64.0 Å². The fourth-order valence-electron chi connectivity index (χ4n) is 2.97. The van der Waals surface area contributed by atoms with E-state index in [1.54, 1.807) is 10.6 Å². The summed E-state index contributed by atoms with van der Waals surface area (Å²) in [7, 11) is 0. The maximum atomic E-state index is 13.1. The van der Waals surface area contributed by atoms with E-state index < -0.39 is 0 Å². The Labute approximate surface area is 162 Å². The Morgan fingerprint density at radius 2 is 1.85 bits per heavy atom. The summed E-state index contributed by atoms with van der Waals surface area (Å²) in [6.07, 6.45) is 1.97. The maximum Gasteiger partial charge on any atom is 0.266 e. The van der Waals surface area contributed by atoms with Gasteiger partial charge in [0.15, 0.2) is 5.16 Å². The van der Waals surface area contributed by atoms with Gasteiger partial charge in [0.2, 0.25) is 5.91 Å². The Bertz CT molecular complexity index is 986. The lowest BCUT2D eigenvalue weighted by molar-refractivity contribution is -0.119. The average molecular weight is 382 g/mol. The van der Waals surface area contributed by atoms with Crippen molar-refractivity contribution in [2.75, 3.05) is 5.75 Å². The van der Waals surface area contributed by atoms with Crippen molar-refractivity contribution < 1.29 is 4.79 Å². The van der Waals surface area contributed by atoms with E-state index in [4.69, 9.17) is 0 Å². The summed E-state index contributed by atoms with van der Waals surface area (Å²) in [6, 6.07) is 16.8. The molecule has 0 bridgehead atoms. The summed E-state index contributed by atoms with van der Waals surface area (Å²) in [5.41, 5.74) is 1.24. The van der Waals surface area contributed by atoms with E-state index >= 15 is 0 Å². The van der Waals surface area contributed by atoms with Gasteiger partial charge in [0.1, 0.15) is 0 Å². The first-order valence-electron chi connectivity index (χ1n) is 9.09. The van der Waals surface area contributed by atoms with Crippen molar-refractivity contribution >= 4 is 28.6 Å². The van der Waals surface area contributed by atoms with Crippen LogP contribution in [0.1, 0.15) is 26.7 Å². The van der Waals surface area contributed by atoms with Crippen molar-refractivity contribution in [2.45, 2.75) is 37.9 Å². The van der Waals surface area contributed by atoms with Gasteiger partial charge in [-0.25, -0.2) is 4.98 Å². The minimum absolute atomic E-state index is 0.0528. The number of amides is 1. The predicted molar refractivity (Wildman–Crippen MR) is 111 cm³/mol. The molecule has 1 atom stereocenters. The number of nitrogens with zero attached hydrogens (tertiary/aromatic N) is 2. The summed E-state index contributed by atoms with van der Waals surface area (Å²) in [5.74, 6) is 0.161. The van der Waals surface area contributed by atoms with E-state index in [-0.39, 0.29) is 23.3 Å². The highest BCUT2D eigenvalue weighted by molar-refractivity contribution is 7.99. The van der Waals surface area contributed by atoms with E-state index in [1.165, 1.54) is 11.8 Å². The summed E-state index contributed by atoms with van der Waals surface area (Å²) in [5, 5.41) is 4.07. The van der Waals surface area contributed by atoms with E-state index in [1.807, 2.05) is 55.5 Å². The average Bonchev–Trinajstić information content (AvgIpc) is 2.67. The summed E-state index contributed by atoms with van der Waals surface area (Å²) in [4.78, 5) is 30.0. The first-order valence-corrected chi connectivity index (χ1v) is 10.1. The van der Waals surface area contributed by atoms with Crippen LogP contribution in [0, 0.1) is 0 Å². The van der Waals surface area contributed by atoms with Gasteiger partial charge in [0, 0.05) is 6.04 Å². The van der Waals surface area contributed by atoms with Crippen LogP contribution in [0.25, 0.3) is 16.6 Å². The molecule has 140 valence electrons.